The minimum atomic E-state index is -0.455. The normalized spacial score (nSPS) is 10.9. The highest BCUT2D eigenvalue weighted by Gasteiger charge is 2.18. The fourth-order valence-corrected chi connectivity index (χ4v) is 3.40. The number of carbonyl (C=O) groups is 3. The number of carbonyl (C=O) groups excluding carboxylic acids is 3. The van der Waals surface area contributed by atoms with E-state index in [4.69, 9.17) is 0 Å². The third-order valence-corrected chi connectivity index (χ3v) is 4.45. The van der Waals surface area contributed by atoms with Gasteiger partial charge in [-0.15, -0.1) is 0 Å². The standard InChI is InChI=1S/C20H22BrN3O3/c1-12(25)22-15-8-5-13(6-9-15)18(26)23-24-19(27)14-7-10-16(17(21)11-14)20(2,3)4/h5-11H,1-4H3,(H,22,25)(H,23,26)(H,24,27). The Morgan fingerprint density at radius 3 is 1.85 bits per heavy atom. The second-order valence-corrected chi connectivity index (χ2v) is 7.97. The molecule has 0 spiro atoms. The predicted molar refractivity (Wildman–Crippen MR) is 109 cm³/mol. The van der Waals surface area contributed by atoms with Gasteiger partial charge < -0.3 is 5.32 Å². The fourth-order valence-electron chi connectivity index (χ4n) is 2.43. The van der Waals surface area contributed by atoms with Crippen molar-refractivity contribution in [1.29, 1.82) is 0 Å². The molecule has 0 aliphatic heterocycles. The van der Waals surface area contributed by atoms with Crippen LogP contribution in [0.1, 0.15) is 54.0 Å². The van der Waals surface area contributed by atoms with Gasteiger partial charge in [0.1, 0.15) is 0 Å². The first-order valence-corrected chi connectivity index (χ1v) is 9.15. The van der Waals surface area contributed by atoms with E-state index >= 15 is 0 Å². The summed E-state index contributed by atoms with van der Waals surface area (Å²) < 4.78 is 0.836. The molecule has 0 saturated carbocycles. The van der Waals surface area contributed by atoms with E-state index in [-0.39, 0.29) is 11.3 Å². The zero-order valence-electron chi connectivity index (χ0n) is 15.6. The molecule has 3 amide bonds. The summed E-state index contributed by atoms with van der Waals surface area (Å²) in [5.41, 5.74) is 7.19. The van der Waals surface area contributed by atoms with Gasteiger partial charge in [-0.3, -0.25) is 25.2 Å². The van der Waals surface area contributed by atoms with E-state index in [2.05, 4.69) is 52.9 Å². The zero-order chi connectivity index (χ0) is 20.2. The third kappa shape index (κ3) is 5.65. The van der Waals surface area contributed by atoms with Gasteiger partial charge in [-0.05, 0) is 47.4 Å². The molecule has 0 atom stereocenters. The number of halogens is 1. The van der Waals surface area contributed by atoms with Gasteiger partial charge in [-0.25, -0.2) is 0 Å². The molecule has 142 valence electrons. The molecule has 0 unspecified atom stereocenters. The lowest BCUT2D eigenvalue weighted by Crippen LogP contribution is -2.41. The molecule has 0 aliphatic rings. The van der Waals surface area contributed by atoms with E-state index < -0.39 is 11.8 Å². The van der Waals surface area contributed by atoms with Crippen LogP contribution in [0.25, 0.3) is 0 Å². The van der Waals surface area contributed by atoms with Gasteiger partial charge in [0.25, 0.3) is 11.8 Å². The van der Waals surface area contributed by atoms with Crippen LogP contribution >= 0.6 is 15.9 Å². The van der Waals surface area contributed by atoms with Crippen molar-refractivity contribution < 1.29 is 14.4 Å². The summed E-state index contributed by atoms with van der Waals surface area (Å²) in [5.74, 6) is -1.06. The highest BCUT2D eigenvalue weighted by molar-refractivity contribution is 9.10. The van der Waals surface area contributed by atoms with E-state index in [1.165, 1.54) is 6.92 Å². The van der Waals surface area contributed by atoms with Crippen molar-refractivity contribution in [2.75, 3.05) is 5.32 Å². The molecule has 2 aromatic carbocycles. The van der Waals surface area contributed by atoms with E-state index in [0.29, 0.717) is 16.8 Å². The van der Waals surface area contributed by atoms with E-state index in [1.807, 2.05) is 6.07 Å². The second-order valence-electron chi connectivity index (χ2n) is 7.11. The molecule has 2 aromatic rings. The van der Waals surface area contributed by atoms with E-state index in [0.717, 1.165) is 10.0 Å². The number of benzene rings is 2. The Kier molecular flexibility index (Phi) is 6.38. The highest BCUT2D eigenvalue weighted by atomic mass is 79.9. The maximum atomic E-state index is 12.3. The summed E-state index contributed by atoms with van der Waals surface area (Å²) in [6.07, 6.45) is 0. The van der Waals surface area contributed by atoms with Crippen molar-refractivity contribution in [3.8, 4) is 0 Å². The molecular weight excluding hydrogens is 410 g/mol. The summed E-state index contributed by atoms with van der Waals surface area (Å²) in [6.45, 7) is 7.67. The van der Waals surface area contributed by atoms with Crippen LogP contribution in [-0.2, 0) is 10.2 Å². The molecule has 0 aromatic heterocycles. The average molecular weight is 432 g/mol. The Bertz CT molecular complexity index is 871. The van der Waals surface area contributed by atoms with Crippen LogP contribution in [-0.4, -0.2) is 17.7 Å². The van der Waals surface area contributed by atoms with Crippen LogP contribution in [0.4, 0.5) is 5.69 Å². The van der Waals surface area contributed by atoms with Crippen LogP contribution in [0.3, 0.4) is 0 Å². The fraction of sp³-hybridized carbons (Fsp3) is 0.250. The molecule has 27 heavy (non-hydrogen) atoms. The van der Waals surface area contributed by atoms with Crippen molar-refractivity contribution in [1.82, 2.24) is 10.9 Å². The summed E-state index contributed by atoms with van der Waals surface area (Å²) in [5, 5.41) is 2.62. The second kappa shape index (κ2) is 8.35. The molecule has 7 heteroatoms. The maximum absolute atomic E-state index is 12.3. The molecule has 2 rings (SSSR count). The summed E-state index contributed by atoms with van der Waals surface area (Å²) >= 11 is 3.49. The molecule has 6 nitrogen and oxygen atoms in total. The van der Waals surface area contributed by atoms with Crippen molar-refractivity contribution in [3.05, 3.63) is 63.6 Å². The van der Waals surface area contributed by atoms with Crippen LogP contribution in [0.15, 0.2) is 46.9 Å². The first-order chi connectivity index (χ1) is 12.6. The number of hydrogen-bond donors (Lipinski definition) is 3. The maximum Gasteiger partial charge on any atom is 0.269 e. The zero-order valence-corrected chi connectivity index (χ0v) is 17.2. The van der Waals surface area contributed by atoms with Gasteiger partial charge in [-0.2, -0.15) is 0 Å². The van der Waals surface area contributed by atoms with Gasteiger partial charge in [0.2, 0.25) is 5.91 Å². The molecular formula is C20H22BrN3O3. The molecule has 0 fully saturated rings. The lowest BCUT2D eigenvalue weighted by molar-refractivity contribution is -0.114. The monoisotopic (exact) mass is 431 g/mol. The van der Waals surface area contributed by atoms with Crippen molar-refractivity contribution in [3.63, 3.8) is 0 Å². The molecule has 0 heterocycles. The molecule has 0 aliphatic carbocycles. The quantitative estimate of drug-likeness (QED) is 0.646. The van der Waals surface area contributed by atoms with E-state index in [9.17, 15) is 14.4 Å². The lowest BCUT2D eigenvalue weighted by atomic mass is 9.86. The van der Waals surface area contributed by atoms with Gasteiger partial charge in [0.05, 0.1) is 0 Å². The molecule has 0 radical (unpaired) electrons. The van der Waals surface area contributed by atoms with E-state index in [1.54, 1.807) is 36.4 Å². The Balaban J connectivity index is 1.99. The largest absolute Gasteiger partial charge is 0.326 e. The number of anilines is 1. The third-order valence-electron chi connectivity index (χ3n) is 3.80. The minimum absolute atomic E-state index is 0.0501. The smallest absolute Gasteiger partial charge is 0.269 e. The average Bonchev–Trinajstić information content (AvgIpc) is 2.58. The predicted octanol–water partition coefficient (Wildman–Crippen LogP) is 3.78. The van der Waals surface area contributed by atoms with Crippen LogP contribution < -0.4 is 16.2 Å². The summed E-state index contributed by atoms with van der Waals surface area (Å²) in [7, 11) is 0. The number of hydrogen-bond acceptors (Lipinski definition) is 3. The van der Waals surface area contributed by atoms with Gasteiger partial charge >= 0.3 is 0 Å². The van der Waals surface area contributed by atoms with Crippen molar-refractivity contribution >= 4 is 39.3 Å². The van der Waals surface area contributed by atoms with Crippen LogP contribution in [0.2, 0.25) is 0 Å². The van der Waals surface area contributed by atoms with Gasteiger partial charge in [0, 0.05) is 28.2 Å². The first-order valence-electron chi connectivity index (χ1n) is 8.36. The van der Waals surface area contributed by atoms with Gasteiger partial charge in [-0.1, -0.05) is 42.8 Å². The number of nitrogens with one attached hydrogen (secondary N) is 3. The Morgan fingerprint density at radius 1 is 0.852 bits per heavy atom. The van der Waals surface area contributed by atoms with Crippen molar-refractivity contribution in [2.45, 2.75) is 33.1 Å². The van der Waals surface area contributed by atoms with Crippen molar-refractivity contribution in [2.24, 2.45) is 0 Å². The topological polar surface area (TPSA) is 87.3 Å². The molecule has 0 bridgehead atoms. The number of amides is 3. The Morgan fingerprint density at radius 2 is 1.37 bits per heavy atom. The molecule has 0 saturated heterocycles. The SMILES string of the molecule is CC(=O)Nc1ccc(C(=O)NNC(=O)c2ccc(C(C)(C)C)c(Br)c2)cc1. The summed E-state index contributed by atoms with van der Waals surface area (Å²) in [4.78, 5) is 35.4. The lowest BCUT2D eigenvalue weighted by Gasteiger charge is -2.21. The minimum Gasteiger partial charge on any atom is -0.326 e. The number of hydrazine groups is 1. The Labute approximate surface area is 166 Å². The molecule has 3 N–H and O–H groups in total. The first kappa shape index (κ1) is 20.6. The Hall–Kier alpha value is -2.67. The van der Waals surface area contributed by atoms with Gasteiger partial charge in [0.15, 0.2) is 0 Å². The highest BCUT2D eigenvalue weighted by Crippen LogP contribution is 2.30. The van der Waals surface area contributed by atoms with Crippen LogP contribution in [0.5, 0.6) is 0 Å². The summed E-state index contributed by atoms with van der Waals surface area (Å²) in [6, 6.07) is 11.7. The van der Waals surface area contributed by atoms with Crippen LogP contribution in [0, 0.1) is 0 Å². The number of rotatable bonds is 3.